The number of allylic oxidation sites excluding steroid dienone is 2. The van der Waals surface area contributed by atoms with Gasteiger partial charge in [0.05, 0.1) is 5.76 Å². The minimum absolute atomic E-state index is 0. The Morgan fingerprint density at radius 1 is 1.05 bits per heavy atom. The van der Waals surface area contributed by atoms with Crippen LogP contribution in [0.15, 0.2) is 58.8 Å². The summed E-state index contributed by atoms with van der Waals surface area (Å²) in [7, 11) is 0. The zero-order valence-electron chi connectivity index (χ0n) is 24.7. The average Bonchev–Trinajstić information content (AvgIpc) is 3.19. The van der Waals surface area contributed by atoms with E-state index in [4.69, 9.17) is 14.5 Å². The predicted octanol–water partition coefficient (Wildman–Crippen LogP) is 9.19. The van der Waals surface area contributed by atoms with E-state index >= 15 is 0 Å². The topological polar surface area (TPSA) is 63.3 Å². The van der Waals surface area contributed by atoms with Crippen molar-refractivity contribution in [2.24, 2.45) is 0 Å². The SMILES string of the molecule is CC(=O)/C=C(/C)O.Cc1ccc2c3c([c-]cc2c1)-c1ncc(C)c2oc4c(C(C)(C)C)ccc(c4c12)C3(C)C.[Ir]. The van der Waals surface area contributed by atoms with Crippen molar-refractivity contribution in [1.29, 1.82) is 0 Å². The molecule has 40 heavy (non-hydrogen) atoms. The number of pyridine rings is 1. The molecule has 0 bridgehead atoms. The van der Waals surface area contributed by atoms with E-state index in [9.17, 15) is 4.79 Å². The second-order valence-electron chi connectivity index (χ2n) is 12.4. The third-order valence-corrected chi connectivity index (χ3v) is 7.67. The van der Waals surface area contributed by atoms with Gasteiger partial charge in [-0.05, 0) is 44.1 Å². The second-order valence-corrected chi connectivity index (χ2v) is 12.4. The van der Waals surface area contributed by atoms with Gasteiger partial charge < -0.3 is 14.5 Å². The maximum absolute atomic E-state index is 10.0. The normalized spacial score (nSPS) is 14.0. The van der Waals surface area contributed by atoms with E-state index in [1.807, 2.05) is 6.20 Å². The zero-order chi connectivity index (χ0) is 28.4. The van der Waals surface area contributed by atoms with E-state index in [-0.39, 0.29) is 42.5 Å². The Bertz CT molecular complexity index is 1830. The summed E-state index contributed by atoms with van der Waals surface area (Å²) >= 11 is 0. The Morgan fingerprint density at radius 2 is 1.75 bits per heavy atom. The number of ketones is 1. The van der Waals surface area contributed by atoms with Crippen LogP contribution in [-0.4, -0.2) is 15.9 Å². The molecular formula is C35H36IrNO3-. The van der Waals surface area contributed by atoms with Crippen LogP contribution in [0, 0.1) is 19.9 Å². The van der Waals surface area contributed by atoms with Crippen molar-refractivity contribution < 1.29 is 34.4 Å². The molecule has 5 heteroatoms. The number of fused-ring (bicyclic) bond motifs is 4. The summed E-state index contributed by atoms with van der Waals surface area (Å²) < 4.78 is 6.66. The molecule has 3 aromatic carbocycles. The van der Waals surface area contributed by atoms with Gasteiger partial charge in [0.15, 0.2) is 5.78 Å². The summed E-state index contributed by atoms with van der Waals surface area (Å²) in [6, 6.07) is 17.1. The maximum Gasteiger partial charge on any atom is 0.155 e. The van der Waals surface area contributed by atoms with Crippen molar-refractivity contribution in [3.8, 4) is 11.3 Å². The van der Waals surface area contributed by atoms with Crippen LogP contribution in [0.2, 0.25) is 0 Å². The minimum atomic E-state index is -0.235. The Labute approximate surface area is 249 Å². The number of benzene rings is 3. The van der Waals surface area contributed by atoms with Crippen molar-refractivity contribution in [2.45, 2.75) is 73.1 Å². The minimum Gasteiger partial charge on any atom is -0.512 e. The molecule has 0 spiro atoms. The molecule has 0 atom stereocenters. The van der Waals surface area contributed by atoms with Gasteiger partial charge in [0.2, 0.25) is 0 Å². The third-order valence-electron chi connectivity index (χ3n) is 7.67. The number of aliphatic hydroxyl groups excluding tert-OH is 1. The van der Waals surface area contributed by atoms with E-state index < -0.39 is 0 Å². The Hall–Kier alpha value is -3.27. The molecule has 0 unspecified atom stereocenters. The molecule has 4 nitrogen and oxygen atoms in total. The molecule has 2 aromatic heterocycles. The van der Waals surface area contributed by atoms with Crippen molar-refractivity contribution >= 4 is 38.5 Å². The van der Waals surface area contributed by atoms with Gasteiger partial charge in [-0.25, -0.2) is 0 Å². The van der Waals surface area contributed by atoms with Gasteiger partial charge in [-0.3, -0.25) is 4.79 Å². The smallest absolute Gasteiger partial charge is 0.155 e. The van der Waals surface area contributed by atoms with Gasteiger partial charge >= 0.3 is 0 Å². The zero-order valence-corrected chi connectivity index (χ0v) is 27.1. The van der Waals surface area contributed by atoms with Gasteiger partial charge in [0, 0.05) is 60.0 Å². The van der Waals surface area contributed by atoms with Crippen LogP contribution in [0.4, 0.5) is 0 Å². The number of carbonyl (C=O) groups is 1. The summed E-state index contributed by atoms with van der Waals surface area (Å²) in [5, 5.41) is 13.2. The first-order chi connectivity index (χ1) is 18.2. The summed E-state index contributed by atoms with van der Waals surface area (Å²) in [6.07, 6.45) is 3.12. The first kappa shape index (κ1) is 29.7. The van der Waals surface area contributed by atoms with Crippen LogP contribution in [0.1, 0.15) is 76.3 Å². The number of aryl methyl sites for hydroxylation is 2. The van der Waals surface area contributed by atoms with E-state index in [2.05, 4.69) is 90.9 Å². The van der Waals surface area contributed by atoms with Crippen molar-refractivity contribution in [3.63, 3.8) is 0 Å². The van der Waals surface area contributed by atoms with Gasteiger partial charge in [-0.1, -0.05) is 81.3 Å². The molecule has 0 saturated carbocycles. The molecule has 5 aromatic rings. The second kappa shape index (κ2) is 10.3. The summed E-state index contributed by atoms with van der Waals surface area (Å²) in [6.45, 7) is 18.5. The standard InChI is InChI=1S/C30H28NO.C5H8O2.Ir/c1-16-8-10-19-18(14-16)9-11-20-25(19)30(6,7)21-12-13-22(29(3,4)5)28-23(21)24-26(20)31-15-17(2)27(24)32-28;1-4(6)3-5(2)7;/h8-10,12-15H,1-7H3;3,6H,1-2H3;/q-1;;/b;4-3-;. The molecule has 6 rings (SSSR count). The Kier molecular flexibility index (Phi) is 7.64. The molecule has 1 aliphatic rings. The van der Waals surface area contributed by atoms with Crippen LogP contribution in [0.5, 0.6) is 0 Å². The molecule has 0 aliphatic heterocycles. The summed E-state index contributed by atoms with van der Waals surface area (Å²) in [5.41, 5.74) is 9.95. The summed E-state index contributed by atoms with van der Waals surface area (Å²) in [4.78, 5) is 15.0. The van der Waals surface area contributed by atoms with Gasteiger partial charge in [-0.15, -0.1) is 23.3 Å². The van der Waals surface area contributed by atoms with Crippen molar-refractivity contribution in [1.82, 2.24) is 4.98 Å². The van der Waals surface area contributed by atoms with E-state index in [1.165, 1.54) is 58.3 Å². The molecule has 2 heterocycles. The van der Waals surface area contributed by atoms with E-state index in [0.717, 1.165) is 33.4 Å². The van der Waals surface area contributed by atoms with Crippen LogP contribution < -0.4 is 0 Å². The quantitative estimate of drug-likeness (QED) is 0.107. The molecule has 0 amide bonds. The van der Waals surface area contributed by atoms with Crippen molar-refractivity contribution in [2.75, 3.05) is 0 Å². The fraction of sp³-hybridized carbons (Fsp3) is 0.314. The molecule has 1 radical (unpaired) electrons. The Morgan fingerprint density at radius 3 is 2.35 bits per heavy atom. The number of carbonyl (C=O) groups excluding carboxylic acids is 1. The first-order valence-electron chi connectivity index (χ1n) is 13.4. The van der Waals surface area contributed by atoms with Gasteiger partial charge in [0.1, 0.15) is 11.2 Å². The van der Waals surface area contributed by atoms with Crippen LogP contribution >= 0.6 is 0 Å². The number of aromatic nitrogens is 1. The van der Waals surface area contributed by atoms with Crippen LogP contribution in [0.25, 0.3) is 44.0 Å². The van der Waals surface area contributed by atoms with Gasteiger partial charge in [-0.2, -0.15) is 0 Å². The molecular weight excluding hydrogens is 675 g/mol. The fourth-order valence-electron chi connectivity index (χ4n) is 5.94. The molecule has 209 valence electrons. The fourth-order valence-corrected chi connectivity index (χ4v) is 5.94. The monoisotopic (exact) mass is 711 g/mol. The van der Waals surface area contributed by atoms with Crippen molar-refractivity contribution in [3.05, 3.63) is 88.3 Å². The predicted molar refractivity (Wildman–Crippen MR) is 161 cm³/mol. The number of rotatable bonds is 1. The maximum atomic E-state index is 10.0. The molecule has 0 saturated heterocycles. The van der Waals surface area contributed by atoms with Gasteiger partial charge in [0.25, 0.3) is 0 Å². The van der Waals surface area contributed by atoms with Crippen LogP contribution in [-0.2, 0) is 35.7 Å². The largest absolute Gasteiger partial charge is 0.512 e. The third kappa shape index (κ3) is 4.80. The number of aliphatic hydroxyl groups is 1. The molecule has 0 fully saturated rings. The average molecular weight is 711 g/mol. The first-order valence-corrected chi connectivity index (χ1v) is 13.4. The Balaban J connectivity index is 0.000000413. The van der Waals surface area contributed by atoms with E-state index in [0.29, 0.717) is 0 Å². The number of hydrogen-bond acceptors (Lipinski definition) is 4. The number of hydrogen-bond donors (Lipinski definition) is 1. The molecule has 1 aliphatic carbocycles. The van der Waals surface area contributed by atoms with E-state index in [1.54, 1.807) is 0 Å². The number of nitrogens with zero attached hydrogens (tertiary/aromatic N) is 1. The summed E-state index contributed by atoms with van der Waals surface area (Å²) in [5.74, 6) is -0.0625. The number of furan rings is 1. The van der Waals surface area contributed by atoms with Crippen LogP contribution in [0.3, 0.4) is 0 Å². The molecule has 1 N–H and O–H groups in total.